The van der Waals surface area contributed by atoms with Gasteiger partial charge >= 0.3 is 0 Å². The van der Waals surface area contributed by atoms with Crippen LogP contribution in [0.5, 0.6) is 0 Å². The minimum atomic E-state index is -0.372. The molecule has 0 saturated heterocycles. The third-order valence-electron chi connectivity index (χ3n) is 11.8. The zero-order valence-electron chi connectivity index (χ0n) is 31.4. The second kappa shape index (κ2) is 12.9. The molecule has 1 unspecified atom stereocenters. The number of nitrogens with one attached hydrogen (secondary N) is 1. The molecule has 0 spiro atoms. The van der Waals surface area contributed by atoms with Crippen LogP contribution in [-0.2, 0) is 0 Å². The number of aromatic nitrogens is 2. The molecule has 0 aliphatic carbocycles. The lowest BCUT2D eigenvalue weighted by Gasteiger charge is -2.25. The van der Waals surface area contributed by atoms with Crippen LogP contribution in [0.25, 0.3) is 76.5 Å². The summed E-state index contributed by atoms with van der Waals surface area (Å²) in [5.74, 6) is 1.46. The molecule has 3 heterocycles. The average Bonchev–Trinajstić information content (AvgIpc) is 3.82. The Balaban J connectivity index is 1.16. The molecular formula is C53H35N5. The van der Waals surface area contributed by atoms with Crippen molar-refractivity contribution in [3.8, 4) is 11.4 Å². The van der Waals surface area contributed by atoms with Crippen molar-refractivity contribution in [1.82, 2.24) is 14.5 Å². The van der Waals surface area contributed by atoms with Gasteiger partial charge in [-0.3, -0.25) is 0 Å². The number of amidine groups is 2. The van der Waals surface area contributed by atoms with Crippen LogP contribution < -0.4 is 5.32 Å². The first-order valence-electron chi connectivity index (χ1n) is 19.8. The summed E-state index contributed by atoms with van der Waals surface area (Å²) in [6.07, 6.45) is -0.372. The van der Waals surface area contributed by atoms with Crippen molar-refractivity contribution in [2.24, 2.45) is 9.98 Å². The molecule has 1 N–H and O–H groups in total. The maximum atomic E-state index is 5.56. The average molecular weight is 742 g/mol. The van der Waals surface area contributed by atoms with Gasteiger partial charge in [0.2, 0.25) is 0 Å². The van der Waals surface area contributed by atoms with E-state index in [0.29, 0.717) is 5.84 Å². The van der Waals surface area contributed by atoms with Crippen LogP contribution in [0.3, 0.4) is 0 Å². The number of hydrogen-bond donors (Lipinski definition) is 1. The molecule has 0 bridgehead atoms. The molecule has 58 heavy (non-hydrogen) atoms. The number of fused-ring (bicyclic) bond motifs is 9. The van der Waals surface area contributed by atoms with Crippen LogP contribution in [0.1, 0.15) is 22.9 Å². The van der Waals surface area contributed by atoms with Crippen LogP contribution in [0.15, 0.2) is 210 Å². The maximum Gasteiger partial charge on any atom is 0.161 e. The molecule has 1 aliphatic rings. The fraction of sp³-hybridized carbons (Fsp3) is 0.0189. The van der Waals surface area contributed by atoms with E-state index in [1.807, 2.05) is 0 Å². The Morgan fingerprint density at radius 2 is 0.966 bits per heavy atom. The largest absolute Gasteiger partial charge is 0.344 e. The second-order valence-corrected chi connectivity index (χ2v) is 15.0. The van der Waals surface area contributed by atoms with E-state index in [-0.39, 0.29) is 6.17 Å². The Labute approximate surface area is 334 Å². The number of hydrogen-bond acceptors (Lipinski definition) is 3. The molecule has 0 saturated carbocycles. The standard InChI is InChI=1S/C53H35N5/c1-3-18-36(19-4-1)51-54-52(42-26-15-29-46-49(42)40-24-11-13-27-44(40)57(46)37-20-5-2-6-21-37)56-53(55-51)43-32-30-35-17-8-10-23-39(35)50(43)58-45-28-14-12-25-41(45)48-38-22-9-7-16-34(38)31-33-47(48)58/h1-33,51H,(H,54,55,56). The van der Waals surface area contributed by atoms with Gasteiger partial charge in [-0.2, -0.15) is 0 Å². The summed E-state index contributed by atoms with van der Waals surface area (Å²) in [5, 5.41) is 13.3. The third kappa shape index (κ3) is 4.90. The Morgan fingerprint density at radius 1 is 0.397 bits per heavy atom. The summed E-state index contributed by atoms with van der Waals surface area (Å²) in [4.78, 5) is 11.0. The molecule has 0 radical (unpaired) electrons. The van der Waals surface area contributed by atoms with Gasteiger partial charge < -0.3 is 14.5 Å². The van der Waals surface area contributed by atoms with Crippen LogP contribution in [0, 0.1) is 0 Å². The molecule has 2 aromatic heterocycles. The lowest BCUT2D eigenvalue weighted by atomic mass is 10.0. The van der Waals surface area contributed by atoms with Crippen molar-refractivity contribution >= 4 is 76.8 Å². The number of benzene rings is 9. The Kier molecular flexibility index (Phi) is 7.23. The van der Waals surface area contributed by atoms with Crippen LogP contribution in [-0.4, -0.2) is 20.8 Å². The number of aliphatic imine (C=N–C) groups is 2. The SMILES string of the molecule is c1ccc(C2N=C(c3ccc4ccccc4c3-n3c4ccccc4c4c5ccccc5ccc43)N=C(c3cccc4c3c3ccccc3n4-c3ccccc3)N2)cc1. The van der Waals surface area contributed by atoms with Crippen molar-refractivity contribution in [2.75, 3.05) is 0 Å². The summed E-state index contributed by atoms with van der Waals surface area (Å²) in [7, 11) is 0. The fourth-order valence-corrected chi connectivity index (χ4v) is 9.24. The van der Waals surface area contributed by atoms with E-state index in [4.69, 9.17) is 9.98 Å². The van der Waals surface area contributed by atoms with E-state index in [9.17, 15) is 0 Å². The smallest absolute Gasteiger partial charge is 0.161 e. The molecule has 0 fully saturated rings. The molecule has 0 amide bonds. The predicted molar refractivity (Wildman–Crippen MR) is 242 cm³/mol. The summed E-state index contributed by atoms with van der Waals surface area (Å²) >= 11 is 0. The third-order valence-corrected chi connectivity index (χ3v) is 11.8. The predicted octanol–water partition coefficient (Wildman–Crippen LogP) is 12.7. The number of rotatable bonds is 5. The first-order chi connectivity index (χ1) is 28.8. The van der Waals surface area contributed by atoms with Gasteiger partial charge in [0.15, 0.2) is 5.84 Å². The minimum absolute atomic E-state index is 0.372. The van der Waals surface area contributed by atoms with Crippen LogP contribution in [0.2, 0.25) is 0 Å². The first kappa shape index (κ1) is 32.5. The summed E-state index contributed by atoms with van der Waals surface area (Å²) < 4.78 is 4.80. The van der Waals surface area contributed by atoms with E-state index < -0.39 is 0 Å². The van der Waals surface area contributed by atoms with Crippen LogP contribution >= 0.6 is 0 Å². The van der Waals surface area contributed by atoms with E-state index >= 15 is 0 Å². The minimum Gasteiger partial charge on any atom is -0.344 e. The van der Waals surface area contributed by atoms with Gasteiger partial charge in [0.05, 0.1) is 27.8 Å². The monoisotopic (exact) mass is 741 g/mol. The second-order valence-electron chi connectivity index (χ2n) is 15.0. The molecule has 272 valence electrons. The molecule has 1 aliphatic heterocycles. The Bertz CT molecular complexity index is 3480. The molecule has 11 aromatic rings. The van der Waals surface area contributed by atoms with Gasteiger partial charge in [-0.05, 0) is 64.2 Å². The quantitative estimate of drug-likeness (QED) is 0.188. The topological polar surface area (TPSA) is 46.6 Å². The van der Waals surface area contributed by atoms with E-state index in [1.54, 1.807) is 0 Å². The van der Waals surface area contributed by atoms with Gasteiger partial charge in [-0.25, -0.2) is 9.98 Å². The van der Waals surface area contributed by atoms with Gasteiger partial charge in [0.1, 0.15) is 12.0 Å². The summed E-state index contributed by atoms with van der Waals surface area (Å²) in [6, 6.07) is 71.4. The van der Waals surface area contributed by atoms with Gasteiger partial charge in [0, 0.05) is 43.7 Å². The normalized spacial score (nSPS) is 14.4. The van der Waals surface area contributed by atoms with E-state index in [1.165, 1.54) is 26.9 Å². The fourth-order valence-electron chi connectivity index (χ4n) is 9.24. The highest BCUT2D eigenvalue weighted by atomic mass is 15.2. The molecule has 5 heteroatoms. The molecular weight excluding hydrogens is 707 g/mol. The Hall–Kier alpha value is -7.76. The highest BCUT2D eigenvalue weighted by Gasteiger charge is 2.27. The lowest BCUT2D eigenvalue weighted by molar-refractivity contribution is 0.674. The first-order valence-corrected chi connectivity index (χ1v) is 19.8. The van der Waals surface area contributed by atoms with E-state index in [0.717, 1.165) is 72.1 Å². The molecule has 9 aromatic carbocycles. The van der Waals surface area contributed by atoms with Crippen molar-refractivity contribution in [3.63, 3.8) is 0 Å². The molecule has 5 nitrogen and oxygen atoms in total. The van der Waals surface area contributed by atoms with Gasteiger partial charge in [-0.15, -0.1) is 0 Å². The lowest BCUT2D eigenvalue weighted by Crippen LogP contribution is -2.34. The number of nitrogens with zero attached hydrogens (tertiary/aromatic N) is 4. The number of para-hydroxylation sites is 3. The van der Waals surface area contributed by atoms with E-state index in [2.05, 4.69) is 215 Å². The Morgan fingerprint density at radius 3 is 1.74 bits per heavy atom. The van der Waals surface area contributed by atoms with Crippen molar-refractivity contribution < 1.29 is 0 Å². The zero-order valence-corrected chi connectivity index (χ0v) is 31.4. The highest BCUT2D eigenvalue weighted by Crippen LogP contribution is 2.41. The maximum absolute atomic E-state index is 5.56. The summed E-state index contributed by atoms with van der Waals surface area (Å²) in [5.41, 5.74) is 9.81. The molecule has 12 rings (SSSR count). The highest BCUT2D eigenvalue weighted by molar-refractivity contribution is 6.25. The summed E-state index contributed by atoms with van der Waals surface area (Å²) in [6.45, 7) is 0. The zero-order chi connectivity index (χ0) is 38.2. The van der Waals surface area contributed by atoms with Gasteiger partial charge in [0.25, 0.3) is 0 Å². The molecule has 1 atom stereocenters. The van der Waals surface area contributed by atoms with Crippen molar-refractivity contribution in [1.29, 1.82) is 0 Å². The van der Waals surface area contributed by atoms with Gasteiger partial charge in [-0.1, -0.05) is 158 Å². The van der Waals surface area contributed by atoms with Crippen molar-refractivity contribution in [3.05, 3.63) is 217 Å². The van der Waals surface area contributed by atoms with Crippen LogP contribution in [0.4, 0.5) is 0 Å². The van der Waals surface area contributed by atoms with Crippen molar-refractivity contribution in [2.45, 2.75) is 6.17 Å².